The molecule has 19 heavy (non-hydrogen) atoms. The Morgan fingerprint density at radius 2 is 1.58 bits per heavy atom. The van der Waals surface area contributed by atoms with Gasteiger partial charge in [0.25, 0.3) is 0 Å². The van der Waals surface area contributed by atoms with Crippen molar-refractivity contribution >= 4 is 5.97 Å². The number of carbonyl (C=O) groups excluding carboxylic acids is 1. The van der Waals surface area contributed by atoms with Crippen molar-refractivity contribution in [2.75, 3.05) is 0 Å². The second-order valence-corrected chi connectivity index (χ2v) is 4.46. The van der Waals surface area contributed by atoms with Crippen LogP contribution in [0.4, 0.5) is 0 Å². The van der Waals surface area contributed by atoms with Crippen LogP contribution in [0.15, 0.2) is 60.7 Å². The molecule has 0 bridgehead atoms. The minimum atomic E-state index is -0.176. The summed E-state index contributed by atoms with van der Waals surface area (Å²) in [5.74, 6) is -0.331. The van der Waals surface area contributed by atoms with E-state index in [9.17, 15) is 4.79 Å². The van der Waals surface area contributed by atoms with Crippen molar-refractivity contribution in [3.05, 3.63) is 71.8 Å². The van der Waals surface area contributed by atoms with Crippen molar-refractivity contribution in [3.8, 4) is 0 Å². The molecule has 0 saturated carbocycles. The van der Waals surface area contributed by atoms with Crippen LogP contribution in [-0.2, 0) is 16.1 Å². The van der Waals surface area contributed by atoms with Crippen molar-refractivity contribution < 1.29 is 9.53 Å². The molecule has 2 heteroatoms. The summed E-state index contributed by atoms with van der Waals surface area (Å²) >= 11 is 0. The first-order chi connectivity index (χ1) is 9.31. The Kier molecular flexibility index (Phi) is 4.73. The third-order valence-corrected chi connectivity index (χ3v) is 3.12. The molecule has 0 saturated heterocycles. The normalized spacial score (nSPS) is 11.8. The molecule has 0 heterocycles. The summed E-state index contributed by atoms with van der Waals surface area (Å²) < 4.78 is 5.40. The molecule has 2 aromatic carbocycles. The highest BCUT2D eigenvalue weighted by molar-refractivity contribution is 5.78. The third-order valence-electron chi connectivity index (χ3n) is 3.12. The lowest BCUT2D eigenvalue weighted by Crippen LogP contribution is -2.15. The van der Waals surface area contributed by atoms with Crippen molar-refractivity contribution in [2.24, 2.45) is 0 Å². The van der Waals surface area contributed by atoms with Gasteiger partial charge < -0.3 is 4.74 Å². The first-order valence-corrected chi connectivity index (χ1v) is 6.56. The molecule has 0 aliphatic heterocycles. The standard InChI is InChI=1S/C17H18O2/c1-2-16(15-11-7-4-8-12-15)17(18)19-13-14-9-5-3-6-10-14/h3-12,16H,2,13H2,1H3/t16-/m0/s1. The molecule has 2 aromatic rings. The maximum Gasteiger partial charge on any atom is 0.313 e. The van der Waals surface area contributed by atoms with E-state index in [1.807, 2.05) is 67.6 Å². The van der Waals surface area contributed by atoms with Gasteiger partial charge in [-0.2, -0.15) is 0 Å². The van der Waals surface area contributed by atoms with Crippen LogP contribution < -0.4 is 0 Å². The number of carbonyl (C=O) groups is 1. The van der Waals surface area contributed by atoms with Gasteiger partial charge in [-0.3, -0.25) is 4.79 Å². The molecular weight excluding hydrogens is 236 g/mol. The van der Waals surface area contributed by atoms with Gasteiger partial charge in [-0.15, -0.1) is 0 Å². The van der Waals surface area contributed by atoms with E-state index >= 15 is 0 Å². The molecule has 0 aliphatic carbocycles. The highest BCUT2D eigenvalue weighted by atomic mass is 16.5. The summed E-state index contributed by atoms with van der Waals surface area (Å²) in [5, 5.41) is 0. The summed E-state index contributed by atoms with van der Waals surface area (Å²) in [4.78, 5) is 12.1. The van der Waals surface area contributed by atoms with Crippen LogP contribution in [0.3, 0.4) is 0 Å². The van der Waals surface area contributed by atoms with E-state index in [-0.39, 0.29) is 11.9 Å². The van der Waals surface area contributed by atoms with E-state index in [0.717, 1.165) is 17.5 Å². The third kappa shape index (κ3) is 3.68. The monoisotopic (exact) mass is 254 g/mol. The van der Waals surface area contributed by atoms with Gasteiger partial charge in [0.05, 0.1) is 5.92 Å². The van der Waals surface area contributed by atoms with Crippen LogP contribution >= 0.6 is 0 Å². The molecule has 0 unspecified atom stereocenters. The molecule has 1 atom stereocenters. The predicted molar refractivity (Wildman–Crippen MR) is 75.7 cm³/mol. The van der Waals surface area contributed by atoms with Crippen LogP contribution in [0.25, 0.3) is 0 Å². The van der Waals surface area contributed by atoms with Gasteiger partial charge in [0.1, 0.15) is 6.61 Å². The first kappa shape index (κ1) is 13.3. The predicted octanol–water partition coefficient (Wildman–Crippen LogP) is 3.92. The highest BCUT2D eigenvalue weighted by Crippen LogP contribution is 2.21. The lowest BCUT2D eigenvalue weighted by atomic mass is 9.97. The molecule has 98 valence electrons. The summed E-state index contributed by atoms with van der Waals surface area (Å²) in [5.41, 5.74) is 2.03. The highest BCUT2D eigenvalue weighted by Gasteiger charge is 2.19. The van der Waals surface area contributed by atoms with E-state index in [2.05, 4.69) is 0 Å². The van der Waals surface area contributed by atoms with Crippen molar-refractivity contribution in [1.29, 1.82) is 0 Å². The number of esters is 1. The van der Waals surface area contributed by atoms with Gasteiger partial charge in [-0.25, -0.2) is 0 Å². The van der Waals surface area contributed by atoms with Crippen molar-refractivity contribution in [3.63, 3.8) is 0 Å². The molecule has 0 fully saturated rings. The summed E-state index contributed by atoms with van der Waals surface area (Å²) in [6.45, 7) is 2.34. The van der Waals surface area contributed by atoms with E-state index in [1.165, 1.54) is 0 Å². The van der Waals surface area contributed by atoms with Gasteiger partial charge in [0, 0.05) is 0 Å². The SMILES string of the molecule is CC[C@H](C(=O)OCc1ccccc1)c1ccccc1. The summed E-state index contributed by atoms with van der Waals surface area (Å²) in [6.07, 6.45) is 0.748. The minimum Gasteiger partial charge on any atom is -0.460 e. The van der Waals surface area contributed by atoms with Crippen LogP contribution in [0.2, 0.25) is 0 Å². The molecule has 0 amide bonds. The smallest absolute Gasteiger partial charge is 0.313 e. The summed E-state index contributed by atoms with van der Waals surface area (Å²) in [7, 11) is 0. The second-order valence-electron chi connectivity index (χ2n) is 4.46. The van der Waals surface area contributed by atoms with Crippen molar-refractivity contribution in [1.82, 2.24) is 0 Å². The molecule has 0 spiro atoms. The van der Waals surface area contributed by atoms with Gasteiger partial charge in [-0.1, -0.05) is 67.6 Å². The quantitative estimate of drug-likeness (QED) is 0.756. The molecule has 2 rings (SSSR count). The fourth-order valence-corrected chi connectivity index (χ4v) is 2.05. The molecule has 0 radical (unpaired) electrons. The molecular formula is C17H18O2. The largest absolute Gasteiger partial charge is 0.460 e. The number of hydrogen-bond acceptors (Lipinski definition) is 2. The molecule has 0 aliphatic rings. The van der Waals surface area contributed by atoms with E-state index in [0.29, 0.717) is 6.61 Å². The van der Waals surface area contributed by atoms with Crippen LogP contribution in [0, 0.1) is 0 Å². The maximum absolute atomic E-state index is 12.1. The Balaban J connectivity index is 1.98. The average molecular weight is 254 g/mol. The van der Waals surface area contributed by atoms with Gasteiger partial charge >= 0.3 is 5.97 Å². The fraction of sp³-hybridized carbons (Fsp3) is 0.235. The summed E-state index contributed by atoms with van der Waals surface area (Å²) in [6, 6.07) is 19.5. The number of benzene rings is 2. The molecule has 0 N–H and O–H groups in total. The topological polar surface area (TPSA) is 26.3 Å². The van der Waals surface area contributed by atoms with Gasteiger partial charge in [-0.05, 0) is 17.5 Å². The Morgan fingerprint density at radius 3 is 2.16 bits per heavy atom. The van der Waals surface area contributed by atoms with Gasteiger partial charge in [0.2, 0.25) is 0 Å². The van der Waals surface area contributed by atoms with Crippen LogP contribution in [-0.4, -0.2) is 5.97 Å². The Bertz CT molecular complexity index is 505. The fourth-order valence-electron chi connectivity index (χ4n) is 2.05. The zero-order chi connectivity index (χ0) is 13.5. The van der Waals surface area contributed by atoms with Crippen LogP contribution in [0.1, 0.15) is 30.4 Å². The number of ether oxygens (including phenoxy) is 1. The van der Waals surface area contributed by atoms with E-state index in [1.54, 1.807) is 0 Å². The minimum absolute atomic E-state index is 0.155. The maximum atomic E-state index is 12.1. The number of rotatable bonds is 5. The van der Waals surface area contributed by atoms with Crippen molar-refractivity contribution in [2.45, 2.75) is 25.9 Å². The lowest BCUT2D eigenvalue weighted by molar-refractivity contribution is -0.146. The lowest BCUT2D eigenvalue weighted by Gasteiger charge is -2.14. The second kappa shape index (κ2) is 6.74. The Labute approximate surface area is 114 Å². The van der Waals surface area contributed by atoms with Crippen LogP contribution in [0.5, 0.6) is 0 Å². The van der Waals surface area contributed by atoms with Gasteiger partial charge in [0.15, 0.2) is 0 Å². The average Bonchev–Trinajstić information content (AvgIpc) is 2.48. The zero-order valence-electron chi connectivity index (χ0n) is 11.1. The first-order valence-electron chi connectivity index (χ1n) is 6.56. The molecule has 2 nitrogen and oxygen atoms in total. The zero-order valence-corrected chi connectivity index (χ0v) is 11.1. The number of hydrogen-bond donors (Lipinski definition) is 0. The Hall–Kier alpha value is -2.09. The molecule has 0 aromatic heterocycles. The Morgan fingerprint density at radius 1 is 1.00 bits per heavy atom. The van der Waals surface area contributed by atoms with E-state index in [4.69, 9.17) is 4.74 Å². The van der Waals surface area contributed by atoms with E-state index < -0.39 is 0 Å².